The summed E-state index contributed by atoms with van der Waals surface area (Å²) < 4.78 is 5.47. The van der Waals surface area contributed by atoms with Gasteiger partial charge in [-0.1, -0.05) is 27.7 Å². The largest absolute Gasteiger partial charge is 0.494 e. The van der Waals surface area contributed by atoms with Crippen molar-refractivity contribution in [3.8, 4) is 0 Å². The van der Waals surface area contributed by atoms with Gasteiger partial charge in [0.1, 0.15) is 12.4 Å². The number of hydrogen-bond donors (Lipinski definition) is 1. The third-order valence-electron chi connectivity index (χ3n) is 1.64. The molecule has 2 heteroatoms. The number of hydrogen-bond acceptors (Lipinski definition) is 2. The van der Waals surface area contributed by atoms with Gasteiger partial charge < -0.3 is 10.1 Å². The highest BCUT2D eigenvalue weighted by molar-refractivity contribution is 5.07. The van der Waals surface area contributed by atoms with Crippen LogP contribution in [0.2, 0.25) is 0 Å². The Morgan fingerprint density at radius 1 is 1.33 bits per heavy atom. The van der Waals surface area contributed by atoms with E-state index in [0.717, 1.165) is 18.9 Å². The average molecular weight is 171 g/mol. The van der Waals surface area contributed by atoms with Gasteiger partial charge in [0.25, 0.3) is 0 Å². The second kappa shape index (κ2) is 5.92. The topological polar surface area (TPSA) is 21.3 Å². The van der Waals surface area contributed by atoms with E-state index < -0.39 is 0 Å². The third-order valence-corrected chi connectivity index (χ3v) is 1.64. The molecule has 1 rings (SSSR count). The molecule has 0 spiro atoms. The smallest absolute Gasteiger partial charge is 0.117 e. The maximum Gasteiger partial charge on any atom is 0.117 e. The molecule has 0 radical (unpaired) electrons. The number of nitrogens with one attached hydrogen (secondary N) is 1. The zero-order chi connectivity index (χ0) is 9.56. The molecule has 0 amide bonds. The van der Waals surface area contributed by atoms with Gasteiger partial charge in [0.2, 0.25) is 0 Å². The van der Waals surface area contributed by atoms with Crippen molar-refractivity contribution in [1.82, 2.24) is 5.32 Å². The monoisotopic (exact) mass is 171 g/mol. The molecule has 0 saturated heterocycles. The molecule has 1 aliphatic rings. The molecule has 2 nitrogen and oxygen atoms in total. The molecule has 12 heavy (non-hydrogen) atoms. The Bertz CT molecular complexity index is 150. The minimum Gasteiger partial charge on any atom is -0.494 e. The van der Waals surface area contributed by atoms with Crippen molar-refractivity contribution >= 4 is 0 Å². The first-order valence-corrected chi connectivity index (χ1v) is 4.79. The molecule has 0 fully saturated rings. The van der Waals surface area contributed by atoms with Crippen molar-refractivity contribution in [2.75, 3.05) is 13.2 Å². The Morgan fingerprint density at radius 3 is 2.25 bits per heavy atom. The van der Waals surface area contributed by atoms with Crippen molar-refractivity contribution in [2.24, 2.45) is 5.92 Å². The highest BCUT2D eigenvalue weighted by Crippen LogP contribution is 2.16. The van der Waals surface area contributed by atoms with Crippen LogP contribution in [0.1, 0.15) is 34.6 Å². The van der Waals surface area contributed by atoms with E-state index in [1.165, 1.54) is 5.70 Å². The van der Waals surface area contributed by atoms with E-state index >= 15 is 0 Å². The molecule has 1 aliphatic heterocycles. The summed E-state index contributed by atoms with van der Waals surface area (Å²) in [5, 5.41) is 3.27. The van der Waals surface area contributed by atoms with Crippen molar-refractivity contribution in [2.45, 2.75) is 34.6 Å². The van der Waals surface area contributed by atoms with E-state index in [-0.39, 0.29) is 0 Å². The van der Waals surface area contributed by atoms with Crippen LogP contribution in [0.5, 0.6) is 0 Å². The lowest BCUT2D eigenvalue weighted by Crippen LogP contribution is -2.26. The summed E-state index contributed by atoms with van der Waals surface area (Å²) in [7, 11) is 0. The molecule has 1 N–H and O–H groups in total. The Hall–Kier alpha value is -0.660. The summed E-state index contributed by atoms with van der Waals surface area (Å²) in [6, 6.07) is 0. The zero-order valence-corrected chi connectivity index (χ0v) is 8.90. The summed E-state index contributed by atoms with van der Waals surface area (Å²) in [6.45, 7) is 12.1. The first-order chi connectivity index (χ1) is 5.72. The average Bonchev–Trinajstić information content (AvgIpc) is 2.08. The Labute approximate surface area is 76.0 Å². The molecule has 0 unspecified atom stereocenters. The second-order valence-electron chi connectivity index (χ2n) is 2.92. The van der Waals surface area contributed by atoms with Crippen LogP contribution in [0, 0.1) is 5.92 Å². The Kier molecular flexibility index (Phi) is 5.60. The predicted octanol–water partition coefficient (Wildman–Crippen LogP) is 2.52. The van der Waals surface area contributed by atoms with E-state index in [4.69, 9.17) is 4.74 Å². The molecule has 0 saturated carbocycles. The number of ether oxygens (including phenoxy) is 1. The first kappa shape index (κ1) is 11.3. The maximum absolute atomic E-state index is 5.47. The third kappa shape index (κ3) is 3.16. The minimum atomic E-state index is 0.507. The SMILES string of the molecule is CC.CC1=C(C(C)C)OCCN1. The standard InChI is InChI=1S/C8H15NO.C2H6/c1-6(2)8-7(3)9-4-5-10-8;1-2/h6,9H,4-5H2,1-3H3;1-2H3. The van der Waals surface area contributed by atoms with Gasteiger partial charge in [0.15, 0.2) is 0 Å². The van der Waals surface area contributed by atoms with Gasteiger partial charge in [-0.15, -0.1) is 0 Å². The van der Waals surface area contributed by atoms with Gasteiger partial charge in [-0.3, -0.25) is 0 Å². The maximum atomic E-state index is 5.47. The van der Waals surface area contributed by atoms with Crippen molar-refractivity contribution < 1.29 is 4.74 Å². The lowest BCUT2D eigenvalue weighted by Gasteiger charge is -2.22. The van der Waals surface area contributed by atoms with Crippen LogP contribution >= 0.6 is 0 Å². The van der Waals surface area contributed by atoms with Crippen LogP contribution in [0.25, 0.3) is 0 Å². The van der Waals surface area contributed by atoms with E-state index in [1.54, 1.807) is 0 Å². The van der Waals surface area contributed by atoms with Crippen LogP contribution in [0.4, 0.5) is 0 Å². The van der Waals surface area contributed by atoms with E-state index in [2.05, 4.69) is 26.1 Å². The fourth-order valence-corrected chi connectivity index (χ4v) is 1.19. The quantitative estimate of drug-likeness (QED) is 0.654. The van der Waals surface area contributed by atoms with Gasteiger partial charge in [-0.2, -0.15) is 0 Å². The van der Waals surface area contributed by atoms with Gasteiger partial charge >= 0.3 is 0 Å². The molecule has 0 aromatic rings. The van der Waals surface area contributed by atoms with Crippen molar-refractivity contribution in [3.63, 3.8) is 0 Å². The predicted molar refractivity (Wildman–Crippen MR) is 52.8 cm³/mol. The van der Waals surface area contributed by atoms with Gasteiger partial charge in [-0.05, 0) is 6.92 Å². The van der Waals surface area contributed by atoms with Crippen molar-refractivity contribution in [3.05, 3.63) is 11.5 Å². The lowest BCUT2D eigenvalue weighted by atomic mass is 10.1. The summed E-state index contributed by atoms with van der Waals surface area (Å²) in [5.41, 5.74) is 1.20. The minimum absolute atomic E-state index is 0.507. The van der Waals surface area contributed by atoms with Crippen LogP contribution < -0.4 is 5.32 Å². The van der Waals surface area contributed by atoms with Gasteiger partial charge in [-0.25, -0.2) is 0 Å². The highest BCUT2D eigenvalue weighted by atomic mass is 16.5. The van der Waals surface area contributed by atoms with Crippen LogP contribution in [-0.4, -0.2) is 13.2 Å². The zero-order valence-electron chi connectivity index (χ0n) is 8.90. The van der Waals surface area contributed by atoms with Crippen molar-refractivity contribution in [1.29, 1.82) is 0 Å². The van der Waals surface area contributed by atoms with E-state index in [0.29, 0.717) is 5.92 Å². The van der Waals surface area contributed by atoms with Crippen LogP contribution in [0.15, 0.2) is 11.5 Å². The summed E-state index contributed by atoms with van der Waals surface area (Å²) in [5.74, 6) is 1.62. The molecular weight excluding hydrogens is 150 g/mol. The molecular formula is C10H21NO. The Balaban J connectivity index is 0.000000561. The molecule has 72 valence electrons. The van der Waals surface area contributed by atoms with E-state index in [9.17, 15) is 0 Å². The number of allylic oxidation sites excluding steroid dienone is 2. The highest BCUT2D eigenvalue weighted by Gasteiger charge is 2.12. The molecule has 0 atom stereocenters. The molecule has 1 heterocycles. The number of rotatable bonds is 1. The summed E-state index contributed by atoms with van der Waals surface area (Å²) in [4.78, 5) is 0. The fourth-order valence-electron chi connectivity index (χ4n) is 1.19. The fraction of sp³-hybridized carbons (Fsp3) is 0.800. The Morgan fingerprint density at radius 2 is 1.92 bits per heavy atom. The molecule has 0 aliphatic carbocycles. The summed E-state index contributed by atoms with van der Waals surface area (Å²) >= 11 is 0. The van der Waals surface area contributed by atoms with Gasteiger partial charge in [0, 0.05) is 18.2 Å². The molecule has 0 bridgehead atoms. The molecule has 0 aromatic heterocycles. The van der Waals surface area contributed by atoms with Crippen LogP contribution in [-0.2, 0) is 4.74 Å². The van der Waals surface area contributed by atoms with Gasteiger partial charge in [0.05, 0.1) is 0 Å². The molecule has 0 aromatic carbocycles. The normalized spacial score (nSPS) is 16.2. The van der Waals surface area contributed by atoms with E-state index in [1.807, 2.05) is 13.8 Å². The first-order valence-electron chi connectivity index (χ1n) is 4.79. The summed E-state index contributed by atoms with van der Waals surface area (Å²) in [6.07, 6.45) is 0. The second-order valence-corrected chi connectivity index (χ2v) is 2.92. The lowest BCUT2D eigenvalue weighted by molar-refractivity contribution is 0.164. The van der Waals surface area contributed by atoms with Crippen LogP contribution in [0.3, 0.4) is 0 Å².